The SMILES string of the molecule is CN=C(NCCc1cccc(F)c1)NCC(=O)NCCOC. The molecule has 1 amide bonds. The summed E-state index contributed by atoms with van der Waals surface area (Å²) in [5, 5.41) is 8.68. The maximum Gasteiger partial charge on any atom is 0.239 e. The van der Waals surface area contributed by atoms with Crippen LogP contribution in [0.3, 0.4) is 0 Å². The number of benzene rings is 1. The topological polar surface area (TPSA) is 74.8 Å². The third-order valence-electron chi connectivity index (χ3n) is 2.86. The molecule has 6 nitrogen and oxygen atoms in total. The molecule has 0 aromatic heterocycles. The largest absolute Gasteiger partial charge is 0.383 e. The van der Waals surface area contributed by atoms with E-state index in [1.165, 1.54) is 12.1 Å². The molecule has 0 atom stereocenters. The third-order valence-corrected chi connectivity index (χ3v) is 2.86. The average molecular weight is 310 g/mol. The molecule has 122 valence electrons. The van der Waals surface area contributed by atoms with Crippen molar-refractivity contribution in [2.75, 3.05) is 40.4 Å². The fourth-order valence-electron chi connectivity index (χ4n) is 1.76. The molecule has 1 aromatic rings. The number of guanidine groups is 1. The van der Waals surface area contributed by atoms with Crippen LogP contribution in [0.15, 0.2) is 29.3 Å². The van der Waals surface area contributed by atoms with E-state index in [1.54, 1.807) is 20.2 Å². The smallest absolute Gasteiger partial charge is 0.239 e. The van der Waals surface area contributed by atoms with E-state index in [0.29, 0.717) is 32.1 Å². The summed E-state index contributed by atoms with van der Waals surface area (Å²) >= 11 is 0. The Morgan fingerprint density at radius 3 is 2.77 bits per heavy atom. The minimum atomic E-state index is -0.243. The van der Waals surface area contributed by atoms with Crippen LogP contribution < -0.4 is 16.0 Å². The zero-order valence-corrected chi connectivity index (χ0v) is 13.0. The van der Waals surface area contributed by atoms with Crippen LogP contribution in [0.2, 0.25) is 0 Å². The molecule has 1 aromatic carbocycles. The van der Waals surface area contributed by atoms with E-state index < -0.39 is 0 Å². The van der Waals surface area contributed by atoms with E-state index in [1.807, 2.05) is 6.07 Å². The van der Waals surface area contributed by atoms with Gasteiger partial charge in [0.2, 0.25) is 5.91 Å². The van der Waals surface area contributed by atoms with Crippen LogP contribution in [0, 0.1) is 5.82 Å². The van der Waals surface area contributed by atoms with Crippen molar-refractivity contribution in [2.24, 2.45) is 4.99 Å². The first kappa shape index (κ1) is 17.9. The molecule has 0 radical (unpaired) electrons. The van der Waals surface area contributed by atoms with Crippen LogP contribution in [0.1, 0.15) is 5.56 Å². The van der Waals surface area contributed by atoms with Crippen molar-refractivity contribution in [1.29, 1.82) is 0 Å². The Morgan fingerprint density at radius 1 is 1.27 bits per heavy atom. The van der Waals surface area contributed by atoms with E-state index in [4.69, 9.17) is 4.74 Å². The first-order valence-corrected chi connectivity index (χ1v) is 7.10. The number of ether oxygens (including phenoxy) is 1. The number of carbonyl (C=O) groups excluding carboxylic acids is 1. The van der Waals surface area contributed by atoms with Crippen LogP contribution in [0.4, 0.5) is 4.39 Å². The molecular weight excluding hydrogens is 287 g/mol. The molecular formula is C15H23FN4O2. The Kier molecular flexibility index (Phi) is 8.59. The highest BCUT2D eigenvalue weighted by Gasteiger charge is 2.03. The lowest BCUT2D eigenvalue weighted by Gasteiger charge is -2.12. The van der Waals surface area contributed by atoms with E-state index in [9.17, 15) is 9.18 Å². The molecule has 22 heavy (non-hydrogen) atoms. The zero-order chi connectivity index (χ0) is 16.2. The second-order valence-corrected chi connectivity index (χ2v) is 4.58. The highest BCUT2D eigenvalue weighted by atomic mass is 19.1. The van der Waals surface area contributed by atoms with Crippen molar-refractivity contribution in [3.63, 3.8) is 0 Å². The van der Waals surface area contributed by atoms with Crippen molar-refractivity contribution in [1.82, 2.24) is 16.0 Å². The number of hydrogen-bond donors (Lipinski definition) is 3. The predicted molar refractivity (Wildman–Crippen MR) is 84.4 cm³/mol. The second kappa shape index (κ2) is 10.6. The van der Waals surface area contributed by atoms with E-state index >= 15 is 0 Å². The summed E-state index contributed by atoms with van der Waals surface area (Å²) in [6, 6.07) is 6.47. The Hall–Kier alpha value is -2.15. The van der Waals surface area contributed by atoms with Crippen molar-refractivity contribution < 1.29 is 13.9 Å². The van der Waals surface area contributed by atoms with Crippen LogP contribution in [-0.4, -0.2) is 52.3 Å². The Morgan fingerprint density at radius 2 is 2.09 bits per heavy atom. The van der Waals surface area contributed by atoms with Crippen LogP contribution in [0.25, 0.3) is 0 Å². The van der Waals surface area contributed by atoms with Crippen LogP contribution in [0.5, 0.6) is 0 Å². The number of amides is 1. The summed E-state index contributed by atoms with van der Waals surface area (Å²) in [5.74, 6) is 0.149. The molecule has 0 spiro atoms. The summed E-state index contributed by atoms with van der Waals surface area (Å²) in [5.41, 5.74) is 0.903. The fourth-order valence-corrected chi connectivity index (χ4v) is 1.76. The number of carbonyl (C=O) groups is 1. The van der Waals surface area contributed by atoms with Gasteiger partial charge in [-0.05, 0) is 24.1 Å². The molecule has 0 fully saturated rings. The second-order valence-electron chi connectivity index (χ2n) is 4.58. The Balaban J connectivity index is 2.23. The number of aliphatic imine (C=N–C) groups is 1. The lowest BCUT2D eigenvalue weighted by atomic mass is 10.1. The molecule has 1 rings (SSSR count). The molecule has 0 aliphatic heterocycles. The minimum Gasteiger partial charge on any atom is -0.383 e. The van der Waals surface area contributed by atoms with Crippen molar-refractivity contribution in [2.45, 2.75) is 6.42 Å². The van der Waals surface area contributed by atoms with Gasteiger partial charge in [-0.15, -0.1) is 0 Å². The first-order valence-electron chi connectivity index (χ1n) is 7.10. The lowest BCUT2D eigenvalue weighted by molar-refractivity contribution is -0.120. The highest BCUT2D eigenvalue weighted by molar-refractivity contribution is 5.86. The fraction of sp³-hybridized carbons (Fsp3) is 0.467. The van der Waals surface area contributed by atoms with Gasteiger partial charge in [0.15, 0.2) is 5.96 Å². The molecule has 0 saturated carbocycles. The predicted octanol–water partition coefficient (Wildman–Crippen LogP) is 0.296. The number of nitrogens with one attached hydrogen (secondary N) is 3. The summed E-state index contributed by atoms with van der Waals surface area (Å²) in [6.07, 6.45) is 0.665. The van der Waals surface area contributed by atoms with Gasteiger partial charge >= 0.3 is 0 Å². The van der Waals surface area contributed by atoms with Crippen molar-refractivity contribution in [3.05, 3.63) is 35.6 Å². The van der Waals surface area contributed by atoms with Gasteiger partial charge in [-0.3, -0.25) is 9.79 Å². The lowest BCUT2D eigenvalue weighted by Crippen LogP contribution is -2.44. The van der Waals surface area contributed by atoms with Gasteiger partial charge in [0.1, 0.15) is 5.82 Å². The van der Waals surface area contributed by atoms with Crippen LogP contribution in [-0.2, 0) is 16.0 Å². The van der Waals surface area contributed by atoms with E-state index in [-0.39, 0.29) is 18.3 Å². The van der Waals surface area contributed by atoms with Gasteiger partial charge in [-0.2, -0.15) is 0 Å². The first-order chi connectivity index (χ1) is 10.7. The number of nitrogens with zero attached hydrogens (tertiary/aromatic N) is 1. The molecule has 0 unspecified atom stereocenters. The molecule has 7 heteroatoms. The zero-order valence-electron chi connectivity index (χ0n) is 13.0. The number of halogens is 1. The Bertz CT molecular complexity index is 494. The monoisotopic (exact) mass is 310 g/mol. The van der Waals surface area contributed by atoms with E-state index in [2.05, 4.69) is 20.9 Å². The Labute approximate surface area is 130 Å². The van der Waals surface area contributed by atoms with Gasteiger partial charge in [0.05, 0.1) is 13.2 Å². The number of hydrogen-bond acceptors (Lipinski definition) is 3. The van der Waals surface area contributed by atoms with Crippen molar-refractivity contribution in [3.8, 4) is 0 Å². The quantitative estimate of drug-likeness (QED) is 0.367. The van der Waals surface area contributed by atoms with Gasteiger partial charge < -0.3 is 20.7 Å². The maximum atomic E-state index is 13.0. The summed E-state index contributed by atoms with van der Waals surface area (Å²) < 4.78 is 17.9. The minimum absolute atomic E-state index is 0.128. The van der Waals surface area contributed by atoms with Gasteiger partial charge in [-0.25, -0.2) is 4.39 Å². The van der Waals surface area contributed by atoms with Gasteiger partial charge in [0, 0.05) is 27.2 Å². The molecule has 0 saturated heterocycles. The molecule has 0 heterocycles. The summed E-state index contributed by atoms with van der Waals surface area (Å²) in [4.78, 5) is 15.5. The van der Waals surface area contributed by atoms with E-state index in [0.717, 1.165) is 5.56 Å². The number of rotatable bonds is 8. The summed E-state index contributed by atoms with van der Waals surface area (Å²) in [7, 11) is 3.20. The van der Waals surface area contributed by atoms with Crippen molar-refractivity contribution >= 4 is 11.9 Å². The van der Waals surface area contributed by atoms with Crippen LogP contribution >= 0.6 is 0 Å². The number of methoxy groups -OCH3 is 1. The maximum absolute atomic E-state index is 13.0. The molecule has 0 aliphatic rings. The van der Waals surface area contributed by atoms with Gasteiger partial charge in [0.25, 0.3) is 0 Å². The molecule has 0 aliphatic carbocycles. The van der Waals surface area contributed by atoms with Gasteiger partial charge in [-0.1, -0.05) is 12.1 Å². The standard InChI is InChI=1S/C15H23FN4O2/c1-17-15(20-11-14(21)18-8-9-22-2)19-7-6-12-4-3-5-13(16)10-12/h3-5,10H,6-9,11H2,1-2H3,(H,18,21)(H2,17,19,20). The molecule has 3 N–H and O–H groups in total. The third kappa shape index (κ3) is 7.58. The summed E-state index contributed by atoms with van der Waals surface area (Å²) in [6.45, 7) is 1.67. The highest BCUT2D eigenvalue weighted by Crippen LogP contribution is 2.03. The molecule has 0 bridgehead atoms. The normalized spacial score (nSPS) is 11.1. The average Bonchev–Trinajstić information content (AvgIpc) is 2.51.